The van der Waals surface area contributed by atoms with Crippen LogP contribution >= 0.6 is 22.9 Å². The third-order valence-corrected chi connectivity index (χ3v) is 3.02. The highest BCUT2D eigenvalue weighted by Crippen LogP contribution is 2.24. The van der Waals surface area contributed by atoms with E-state index in [1.165, 1.54) is 16.9 Å². The lowest BCUT2D eigenvalue weighted by molar-refractivity contribution is 1.21. The molecule has 0 aliphatic rings. The van der Waals surface area contributed by atoms with Gasteiger partial charge in [0, 0.05) is 5.38 Å². The first-order chi connectivity index (χ1) is 6.36. The fourth-order valence-electron chi connectivity index (χ4n) is 1.21. The van der Waals surface area contributed by atoms with Crippen molar-refractivity contribution in [3.63, 3.8) is 0 Å². The average molecular weight is 208 g/mol. The first kappa shape index (κ1) is 8.79. The van der Waals surface area contributed by atoms with E-state index in [2.05, 4.69) is 17.5 Å². The maximum atomic E-state index is 5.98. The molecule has 0 saturated carbocycles. The fourth-order valence-corrected chi connectivity index (χ4v) is 2.03. The Labute approximate surface area is 86.8 Å². The molecule has 0 fully saturated rings. The summed E-state index contributed by atoms with van der Waals surface area (Å²) in [6.45, 7) is 0. The Morgan fingerprint density at radius 3 is 2.62 bits per heavy atom. The highest BCUT2D eigenvalue weighted by molar-refractivity contribution is 7.14. The monoisotopic (exact) mass is 207 g/mol. The molecule has 0 bridgehead atoms. The average Bonchev–Trinajstić information content (AvgIpc) is 2.54. The Balaban J connectivity index is 2.20. The highest BCUT2D eigenvalue weighted by Gasteiger charge is 2.01. The van der Waals surface area contributed by atoms with Crippen molar-refractivity contribution in [2.45, 2.75) is 6.42 Å². The van der Waals surface area contributed by atoms with Gasteiger partial charge in [0.15, 0.2) is 0 Å². The van der Waals surface area contributed by atoms with Crippen LogP contribution in [0, 0.1) is 5.38 Å². The van der Waals surface area contributed by atoms with Crippen LogP contribution in [-0.2, 0) is 6.42 Å². The second kappa shape index (κ2) is 3.95. The second-order valence-electron chi connectivity index (χ2n) is 2.83. The minimum atomic E-state index is 0.851. The molecule has 0 aliphatic heterocycles. The van der Waals surface area contributed by atoms with Crippen LogP contribution in [0.5, 0.6) is 0 Å². The summed E-state index contributed by atoms with van der Waals surface area (Å²) in [4.78, 5) is 0. The predicted octanol–water partition coefficient (Wildman–Crippen LogP) is 3.79. The predicted molar refractivity (Wildman–Crippen MR) is 57.4 cm³/mol. The van der Waals surface area contributed by atoms with Gasteiger partial charge in [0.25, 0.3) is 0 Å². The number of thiophene rings is 1. The molecule has 1 heterocycles. The smallest absolute Gasteiger partial charge is 0.0970 e. The minimum absolute atomic E-state index is 0.851. The second-order valence-corrected chi connectivity index (χ2v) is 4.28. The normalized spacial score (nSPS) is 10.2. The Morgan fingerprint density at radius 1 is 1.23 bits per heavy atom. The lowest BCUT2D eigenvalue weighted by Crippen LogP contribution is -1.84. The van der Waals surface area contributed by atoms with Crippen molar-refractivity contribution < 1.29 is 0 Å². The van der Waals surface area contributed by atoms with Crippen LogP contribution in [0.15, 0.2) is 36.4 Å². The molecule has 2 aromatic rings. The van der Waals surface area contributed by atoms with Crippen molar-refractivity contribution in [3.05, 3.63) is 57.2 Å². The maximum absolute atomic E-state index is 5.98. The van der Waals surface area contributed by atoms with Crippen LogP contribution in [0.3, 0.4) is 0 Å². The van der Waals surface area contributed by atoms with Crippen LogP contribution in [0.1, 0.15) is 11.1 Å². The zero-order valence-corrected chi connectivity index (χ0v) is 8.53. The molecule has 0 N–H and O–H groups in total. The zero-order chi connectivity index (χ0) is 9.10. The summed E-state index contributed by atoms with van der Waals surface area (Å²) in [6.07, 6.45) is 0.902. The summed E-state index contributed by atoms with van der Waals surface area (Å²) in [5.74, 6) is 0. The van der Waals surface area contributed by atoms with Crippen LogP contribution in [0.25, 0.3) is 0 Å². The van der Waals surface area contributed by atoms with Gasteiger partial charge in [-0.1, -0.05) is 41.9 Å². The number of benzene rings is 1. The standard InChI is InChI=1S/C11H8ClS/c12-11-10(6-7-13-11)8-9-4-2-1-3-5-9/h1-6H,8H2. The van der Waals surface area contributed by atoms with E-state index < -0.39 is 0 Å². The number of rotatable bonds is 2. The Hall–Kier alpha value is -0.790. The van der Waals surface area contributed by atoms with Gasteiger partial charge in [0.2, 0.25) is 0 Å². The lowest BCUT2D eigenvalue weighted by Gasteiger charge is -1.98. The van der Waals surface area contributed by atoms with Crippen molar-refractivity contribution in [1.29, 1.82) is 0 Å². The van der Waals surface area contributed by atoms with Crippen molar-refractivity contribution in [3.8, 4) is 0 Å². The largest absolute Gasteiger partial charge is 0.122 e. The van der Waals surface area contributed by atoms with Crippen LogP contribution in [0.2, 0.25) is 4.34 Å². The Bertz CT molecular complexity index is 378. The Morgan fingerprint density at radius 2 is 2.00 bits per heavy atom. The van der Waals surface area contributed by atoms with E-state index in [-0.39, 0.29) is 0 Å². The van der Waals surface area contributed by atoms with Crippen LogP contribution in [0.4, 0.5) is 0 Å². The van der Waals surface area contributed by atoms with Gasteiger partial charge in [-0.2, -0.15) is 0 Å². The molecule has 1 aromatic heterocycles. The molecule has 0 saturated heterocycles. The zero-order valence-electron chi connectivity index (χ0n) is 6.96. The van der Waals surface area contributed by atoms with Crippen LogP contribution in [-0.4, -0.2) is 0 Å². The van der Waals surface area contributed by atoms with E-state index in [9.17, 15) is 0 Å². The summed E-state index contributed by atoms with van der Waals surface area (Å²) in [7, 11) is 0. The summed E-state index contributed by atoms with van der Waals surface area (Å²) >= 11 is 7.44. The van der Waals surface area contributed by atoms with Gasteiger partial charge in [-0.25, -0.2) is 0 Å². The Kier molecular flexibility index (Phi) is 2.67. The molecule has 65 valence electrons. The quantitative estimate of drug-likeness (QED) is 0.703. The molecule has 0 unspecified atom stereocenters. The molecule has 1 radical (unpaired) electrons. The van der Waals surface area contributed by atoms with E-state index in [1.54, 1.807) is 0 Å². The third kappa shape index (κ3) is 2.11. The molecule has 2 heteroatoms. The summed E-state index contributed by atoms with van der Waals surface area (Å²) in [6, 6.07) is 12.3. The molecular weight excluding hydrogens is 200 g/mol. The molecule has 2 rings (SSSR count). The van der Waals surface area contributed by atoms with Gasteiger partial charge >= 0.3 is 0 Å². The van der Waals surface area contributed by atoms with Gasteiger partial charge in [-0.05, 0) is 23.6 Å². The SMILES string of the molecule is Clc1s[c]cc1Cc1ccccc1. The van der Waals surface area contributed by atoms with Crippen molar-refractivity contribution in [1.82, 2.24) is 0 Å². The van der Waals surface area contributed by atoms with E-state index in [4.69, 9.17) is 11.6 Å². The van der Waals surface area contributed by atoms with Gasteiger partial charge in [0.05, 0.1) is 4.34 Å². The summed E-state index contributed by atoms with van der Waals surface area (Å²) in [5, 5.41) is 3.03. The number of halogens is 1. The van der Waals surface area contributed by atoms with Gasteiger partial charge < -0.3 is 0 Å². The van der Waals surface area contributed by atoms with Gasteiger partial charge in [-0.3, -0.25) is 0 Å². The molecular formula is C11H8ClS. The summed E-state index contributed by atoms with van der Waals surface area (Å²) < 4.78 is 0.851. The van der Waals surface area contributed by atoms with E-state index in [0.29, 0.717) is 0 Å². The van der Waals surface area contributed by atoms with Crippen molar-refractivity contribution >= 4 is 22.9 Å². The summed E-state index contributed by atoms with van der Waals surface area (Å²) in [5.41, 5.74) is 2.45. The van der Waals surface area contributed by atoms with E-state index in [0.717, 1.165) is 16.3 Å². The minimum Gasteiger partial charge on any atom is -0.122 e. The highest BCUT2D eigenvalue weighted by atomic mass is 35.5. The number of hydrogen-bond donors (Lipinski definition) is 0. The molecule has 0 aliphatic carbocycles. The molecule has 0 atom stereocenters. The fraction of sp³-hybridized carbons (Fsp3) is 0.0909. The lowest BCUT2D eigenvalue weighted by atomic mass is 10.1. The van der Waals surface area contributed by atoms with E-state index in [1.807, 2.05) is 24.3 Å². The number of hydrogen-bond acceptors (Lipinski definition) is 1. The third-order valence-electron chi connectivity index (χ3n) is 1.87. The van der Waals surface area contributed by atoms with Crippen LogP contribution < -0.4 is 0 Å². The first-order valence-corrected chi connectivity index (χ1v) is 5.24. The van der Waals surface area contributed by atoms with Crippen molar-refractivity contribution in [2.24, 2.45) is 0 Å². The topological polar surface area (TPSA) is 0 Å². The molecule has 1 aromatic carbocycles. The van der Waals surface area contributed by atoms with Gasteiger partial charge in [-0.15, -0.1) is 11.3 Å². The maximum Gasteiger partial charge on any atom is 0.0970 e. The molecule has 0 amide bonds. The first-order valence-electron chi connectivity index (χ1n) is 4.04. The van der Waals surface area contributed by atoms with Gasteiger partial charge in [0.1, 0.15) is 0 Å². The molecule has 0 spiro atoms. The van der Waals surface area contributed by atoms with Crippen molar-refractivity contribution in [2.75, 3.05) is 0 Å². The molecule has 13 heavy (non-hydrogen) atoms. The molecule has 0 nitrogen and oxygen atoms in total. The van der Waals surface area contributed by atoms with E-state index >= 15 is 0 Å².